The Morgan fingerprint density at radius 3 is 2.41 bits per heavy atom. The van der Waals surface area contributed by atoms with Crippen molar-refractivity contribution in [2.75, 3.05) is 49.5 Å². The van der Waals surface area contributed by atoms with Gasteiger partial charge in [-0.2, -0.15) is 0 Å². The van der Waals surface area contributed by atoms with Crippen molar-refractivity contribution in [3.05, 3.63) is 75.8 Å². The van der Waals surface area contributed by atoms with Gasteiger partial charge in [-0.1, -0.05) is 55.3 Å². The standard InChI is InChI=1S/C29H34ClN5O3S/c1-20(2)17-35(28(38)22-10-8-21(3)9-11-22)18-26(36)32-29-31-23(19-39-29)16-27(37)34-14-12-33(13-15-34)25-7-5-4-6-24(25)30/h4-11,19-20H,12-18H2,1-3H3,(H,31,32,36). The molecule has 1 aromatic heterocycles. The maximum atomic E-state index is 13.1. The zero-order valence-corrected chi connectivity index (χ0v) is 24.1. The number of halogens is 1. The van der Waals surface area contributed by atoms with Gasteiger partial charge in [0.25, 0.3) is 5.91 Å². The van der Waals surface area contributed by atoms with Crippen molar-refractivity contribution in [1.82, 2.24) is 14.8 Å². The minimum absolute atomic E-state index is 0.00351. The van der Waals surface area contributed by atoms with Crippen LogP contribution in [0.4, 0.5) is 10.8 Å². The van der Waals surface area contributed by atoms with Gasteiger partial charge in [-0.25, -0.2) is 4.98 Å². The van der Waals surface area contributed by atoms with Gasteiger partial charge in [0.1, 0.15) is 6.54 Å². The van der Waals surface area contributed by atoms with Crippen molar-refractivity contribution >= 4 is 51.5 Å². The van der Waals surface area contributed by atoms with Gasteiger partial charge in [-0.3, -0.25) is 14.4 Å². The second kappa shape index (κ2) is 13.1. The minimum Gasteiger partial charge on any atom is -0.367 e. The van der Waals surface area contributed by atoms with Gasteiger partial charge in [0.2, 0.25) is 11.8 Å². The van der Waals surface area contributed by atoms with Crippen LogP contribution in [-0.2, 0) is 16.0 Å². The maximum Gasteiger partial charge on any atom is 0.254 e. The molecule has 0 unspecified atom stereocenters. The zero-order valence-electron chi connectivity index (χ0n) is 22.5. The topological polar surface area (TPSA) is 85.8 Å². The number of anilines is 2. The predicted molar refractivity (Wildman–Crippen MR) is 157 cm³/mol. The van der Waals surface area contributed by atoms with E-state index in [0.717, 1.165) is 11.3 Å². The van der Waals surface area contributed by atoms with Crippen molar-refractivity contribution < 1.29 is 14.4 Å². The average molecular weight is 568 g/mol. The van der Waals surface area contributed by atoms with Crippen LogP contribution in [0.2, 0.25) is 5.02 Å². The molecule has 2 aromatic carbocycles. The summed E-state index contributed by atoms with van der Waals surface area (Å²) < 4.78 is 0. The lowest BCUT2D eigenvalue weighted by molar-refractivity contribution is -0.130. The van der Waals surface area contributed by atoms with Crippen LogP contribution in [0.25, 0.3) is 0 Å². The smallest absolute Gasteiger partial charge is 0.254 e. The van der Waals surface area contributed by atoms with Gasteiger partial charge in [0.05, 0.1) is 22.8 Å². The van der Waals surface area contributed by atoms with Crippen LogP contribution in [0.15, 0.2) is 53.9 Å². The molecule has 0 aliphatic carbocycles. The summed E-state index contributed by atoms with van der Waals surface area (Å²) in [7, 11) is 0. The molecule has 1 N–H and O–H groups in total. The summed E-state index contributed by atoms with van der Waals surface area (Å²) >= 11 is 7.59. The first-order chi connectivity index (χ1) is 18.7. The molecular formula is C29H34ClN5O3S. The number of nitrogens with zero attached hydrogens (tertiary/aromatic N) is 4. The highest BCUT2D eigenvalue weighted by molar-refractivity contribution is 7.13. The molecule has 0 spiro atoms. The first-order valence-corrected chi connectivity index (χ1v) is 14.3. The Hall–Kier alpha value is -3.43. The van der Waals surface area contributed by atoms with Crippen LogP contribution in [-0.4, -0.2) is 71.8 Å². The third-order valence-corrected chi connectivity index (χ3v) is 7.59. The largest absolute Gasteiger partial charge is 0.367 e. The quantitative estimate of drug-likeness (QED) is 0.404. The lowest BCUT2D eigenvalue weighted by Gasteiger charge is -2.36. The molecule has 3 amide bonds. The number of carbonyl (C=O) groups is 3. The van der Waals surface area contributed by atoms with Gasteiger partial charge in [-0.15, -0.1) is 11.3 Å². The summed E-state index contributed by atoms with van der Waals surface area (Å²) in [4.78, 5) is 48.8. The van der Waals surface area contributed by atoms with E-state index in [1.807, 2.05) is 62.1 Å². The maximum absolute atomic E-state index is 13.1. The van der Waals surface area contributed by atoms with E-state index >= 15 is 0 Å². The molecule has 0 saturated carbocycles. The number of aryl methyl sites for hydroxylation is 1. The highest BCUT2D eigenvalue weighted by Crippen LogP contribution is 2.26. The van der Waals surface area contributed by atoms with E-state index in [9.17, 15) is 14.4 Å². The number of piperazine rings is 1. The summed E-state index contributed by atoms with van der Waals surface area (Å²) in [6, 6.07) is 15.1. The van der Waals surface area contributed by atoms with Gasteiger partial charge in [0, 0.05) is 43.7 Å². The molecule has 1 fully saturated rings. The number of amides is 3. The Kier molecular flexibility index (Phi) is 9.59. The highest BCUT2D eigenvalue weighted by Gasteiger charge is 2.24. The number of thiazole rings is 1. The van der Waals surface area contributed by atoms with Crippen LogP contribution in [0.5, 0.6) is 0 Å². The summed E-state index contributed by atoms with van der Waals surface area (Å²) in [5, 5.41) is 5.71. The van der Waals surface area contributed by atoms with E-state index in [4.69, 9.17) is 11.6 Å². The van der Waals surface area contributed by atoms with Crippen LogP contribution in [0, 0.1) is 12.8 Å². The fraction of sp³-hybridized carbons (Fsp3) is 0.379. The van der Waals surface area contributed by atoms with E-state index < -0.39 is 0 Å². The normalized spacial score (nSPS) is 13.5. The average Bonchev–Trinajstić information content (AvgIpc) is 3.34. The van der Waals surface area contributed by atoms with E-state index in [1.54, 1.807) is 22.4 Å². The van der Waals surface area contributed by atoms with Crippen molar-refractivity contribution in [1.29, 1.82) is 0 Å². The molecule has 0 atom stereocenters. The molecule has 1 aliphatic heterocycles. The molecule has 3 aromatic rings. The minimum atomic E-state index is -0.320. The summed E-state index contributed by atoms with van der Waals surface area (Å²) in [5.74, 6) is -0.294. The number of aromatic nitrogens is 1. The highest BCUT2D eigenvalue weighted by atomic mass is 35.5. The van der Waals surface area contributed by atoms with E-state index in [-0.39, 0.29) is 36.6 Å². The predicted octanol–water partition coefficient (Wildman–Crippen LogP) is 4.73. The van der Waals surface area contributed by atoms with E-state index in [2.05, 4.69) is 15.2 Å². The van der Waals surface area contributed by atoms with Crippen LogP contribution in [0.3, 0.4) is 0 Å². The molecule has 2 heterocycles. The van der Waals surface area contributed by atoms with E-state index in [0.29, 0.717) is 54.1 Å². The second-order valence-corrected chi connectivity index (χ2v) is 11.4. The van der Waals surface area contributed by atoms with Crippen LogP contribution in [0.1, 0.15) is 35.5 Å². The number of hydrogen-bond donors (Lipinski definition) is 1. The van der Waals surface area contributed by atoms with Crippen molar-refractivity contribution in [3.8, 4) is 0 Å². The molecule has 1 aliphatic rings. The molecular weight excluding hydrogens is 534 g/mol. The third kappa shape index (κ3) is 7.80. The molecule has 1 saturated heterocycles. The van der Waals surface area contributed by atoms with Crippen molar-refractivity contribution in [3.63, 3.8) is 0 Å². The summed E-state index contributed by atoms with van der Waals surface area (Å²) in [5.41, 5.74) is 3.22. The first-order valence-electron chi connectivity index (χ1n) is 13.1. The van der Waals surface area contributed by atoms with Crippen LogP contribution >= 0.6 is 22.9 Å². The monoisotopic (exact) mass is 567 g/mol. The lowest BCUT2D eigenvalue weighted by Crippen LogP contribution is -2.49. The fourth-order valence-electron chi connectivity index (χ4n) is 4.49. The van der Waals surface area contributed by atoms with Gasteiger partial charge >= 0.3 is 0 Å². The Balaban J connectivity index is 1.29. The molecule has 0 bridgehead atoms. The number of carbonyl (C=O) groups excluding carboxylic acids is 3. The Bertz CT molecular complexity index is 1300. The fourth-order valence-corrected chi connectivity index (χ4v) is 5.47. The number of rotatable bonds is 9. The first kappa shape index (κ1) is 28.6. The van der Waals surface area contributed by atoms with Gasteiger partial charge in [0.15, 0.2) is 5.13 Å². The molecule has 206 valence electrons. The molecule has 10 heteroatoms. The molecule has 39 heavy (non-hydrogen) atoms. The summed E-state index contributed by atoms with van der Waals surface area (Å²) in [6.45, 7) is 9.00. The SMILES string of the molecule is Cc1ccc(C(=O)N(CC(=O)Nc2nc(CC(=O)N3CCN(c4ccccc4Cl)CC3)cs2)CC(C)C)cc1. The molecule has 8 nitrogen and oxygen atoms in total. The van der Waals surface area contributed by atoms with Crippen LogP contribution < -0.4 is 10.2 Å². The van der Waals surface area contributed by atoms with E-state index in [1.165, 1.54) is 11.3 Å². The van der Waals surface area contributed by atoms with Crippen molar-refractivity contribution in [2.24, 2.45) is 5.92 Å². The van der Waals surface area contributed by atoms with Gasteiger partial charge < -0.3 is 20.0 Å². The zero-order chi connectivity index (χ0) is 27.9. The van der Waals surface area contributed by atoms with Gasteiger partial charge in [-0.05, 0) is 37.1 Å². The van der Waals surface area contributed by atoms with Crippen molar-refractivity contribution in [2.45, 2.75) is 27.2 Å². The number of benzene rings is 2. The lowest BCUT2D eigenvalue weighted by atomic mass is 10.1. The Labute approximate surface area is 238 Å². The Morgan fingerprint density at radius 2 is 1.74 bits per heavy atom. The summed E-state index contributed by atoms with van der Waals surface area (Å²) in [6.07, 6.45) is 0.170. The molecule has 4 rings (SSSR count). The molecule has 0 radical (unpaired) electrons. The number of hydrogen-bond acceptors (Lipinski definition) is 6. The third-order valence-electron chi connectivity index (χ3n) is 6.46. The number of para-hydroxylation sites is 1. The number of nitrogens with one attached hydrogen (secondary N) is 1. The second-order valence-electron chi connectivity index (χ2n) is 10.1. The Morgan fingerprint density at radius 1 is 1.05 bits per heavy atom.